The van der Waals surface area contributed by atoms with E-state index in [0.29, 0.717) is 31.9 Å². The number of hydrogen-bond donors (Lipinski definition) is 1. The van der Waals surface area contributed by atoms with Crippen molar-refractivity contribution in [3.8, 4) is 0 Å². The van der Waals surface area contributed by atoms with E-state index >= 15 is 0 Å². The summed E-state index contributed by atoms with van der Waals surface area (Å²) in [6, 6.07) is 1.69. The van der Waals surface area contributed by atoms with Gasteiger partial charge in [-0.05, 0) is 13.0 Å². The Labute approximate surface area is 164 Å². The summed E-state index contributed by atoms with van der Waals surface area (Å²) in [6.07, 6.45) is -0.221. The highest BCUT2D eigenvalue weighted by atomic mass is 19.4. The Hall–Kier alpha value is -3.02. The molecule has 0 spiro atoms. The Kier molecular flexibility index (Phi) is 7.26. The third-order valence-corrected chi connectivity index (χ3v) is 4.14. The molecule has 0 bridgehead atoms. The number of carbonyl (C=O) groups excluding carboxylic acids is 1. The molecule has 0 aliphatic carbocycles. The molecular formula is C17H20F3N5O4. The number of hydrogen-bond acceptors (Lipinski definition) is 6. The topological polar surface area (TPSA) is 110 Å². The van der Waals surface area contributed by atoms with E-state index in [0.717, 1.165) is 11.3 Å². The van der Waals surface area contributed by atoms with Gasteiger partial charge >= 0.3 is 12.1 Å². The summed E-state index contributed by atoms with van der Waals surface area (Å²) < 4.78 is 39.2. The lowest BCUT2D eigenvalue weighted by molar-refractivity contribution is -0.192. The summed E-state index contributed by atoms with van der Waals surface area (Å²) >= 11 is 0. The Morgan fingerprint density at radius 2 is 2.00 bits per heavy atom. The van der Waals surface area contributed by atoms with Crippen LogP contribution in [0.25, 0.3) is 0 Å². The van der Waals surface area contributed by atoms with Crippen LogP contribution in [0, 0.1) is 0 Å². The van der Waals surface area contributed by atoms with E-state index < -0.39 is 12.1 Å². The van der Waals surface area contributed by atoms with E-state index in [2.05, 4.69) is 15.3 Å². The number of carboxylic acids is 1. The third-order valence-electron chi connectivity index (χ3n) is 4.14. The van der Waals surface area contributed by atoms with E-state index in [1.807, 2.05) is 29.7 Å². The Morgan fingerprint density at radius 3 is 2.55 bits per heavy atom. The van der Waals surface area contributed by atoms with Crippen LogP contribution in [0.2, 0.25) is 0 Å². The van der Waals surface area contributed by atoms with Gasteiger partial charge in [0.15, 0.2) is 0 Å². The fraction of sp³-hybridized carbons (Fsp3) is 0.471. The van der Waals surface area contributed by atoms with E-state index in [-0.39, 0.29) is 11.8 Å². The Balaban J connectivity index is 0.000000370. The summed E-state index contributed by atoms with van der Waals surface area (Å²) in [6.45, 7) is 4.40. The minimum absolute atomic E-state index is 0.0362. The van der Waals surface area contributed by atoms with E-state index in [9.17, 15) is 18.0 Å². The van der Waals surface area contributed by atoms with Gasteiger partial charge in [0.2, 0.25) is 0 Å². The molecule has 1 N–H and O–H groups in total. The molecule has 2 aromatic heterocycles. The summed E-state index contributed by atoms with van der Waals surface area (Å²) in [4.78, 5) is 23.3. The second-order valence-electron chi connectivity index (χ2n) is 6.15. The molecule has 1 unspecified atom stereocenters. The van der Waals surface area contributed by atoms with E-state index in [4.69, 9.17) is 14.6 Å². The van der Waals surface area contributed by atoms with Gasteiger partial charge in [-0.25, -0.2) is 4.79 Å². The van der Waals surface area contributed by atoms with Crippen LogP contribution in [0.4, 0.5) is 13.2 Å². The van der Waals surface area contributed by atoms with Crippen molar-refractivity contribution in [2.24, 2.45) is 7.05 Å². The van der Waals surface area contributed by atoms with Crippen molar-refractivity contribution in [1.82, 2.24) is 24.9 Å². The highest BCUT2D eigenvalue weighted by Gasteiger charge is 2.38. The predicted octanol–water partition coefficient (Wildman–Crippen LogP) is 1.62. The fourth-order valence-corrected chi connectivity index (χ4v) is 2.91. The number of fused-ring (bicyclic) bond motifs is 1. The van der Waals surface area contributed by atoms with Crippen molar-refractivity contribution in [3.05, 3.63) is 41.5 Å². The van der Waals surface area contributed by atoms with Gasteiger partial charge in [0.05, 0.1) is 36.5 Å². The predicted molar refractivity (Wildman–Crippen MR) is 92.9 cm³/mol. The number of aliphatic carboxylic acids is 1. The highest BCUT2D eigenvalue weighted by Crippen LogP contribution is 2.29. The van der Waals surface area contributed by atoms with Crippen LogP contribution in [0.1, 0.15) is 34.5 Å². The first-order valence-electron chi connectivity index (χ1n) is 8.59. The molecule has 0 aromatic carbocycles. The van der Waals surface area contributed by atoms with Crippen molar-refractivity contribution in [2.75, 3.05) is 19.8 Å². The van der Waals surface area contributed by atoms with Crippen molar-refractivity contribution in [1.29, 1.82) is 0 Å². The zero-order valence-corrected chi connectivity index (χ0v) is 15.8. The van der Waals surface area contributed by atoms with Crippen LogP contribution >= 0.6 is 0 Å². The van der Waals surface area contributed by atoms with Crippen molar-refractivity contribution >= 4 is 11.9 Å². The maximum Gasteiger partial charge on any atom is 0.490 e. The normalized spacial score (nSPS) is 15.9. The number of aromatic nitrogens is 4. The van der Waals surface area contributed by atoms with Gasteiger partial charge in [0.25, 0.3) is 5.91 Å². The van der Waals surface area contributed by atoms with Crippen LogP contribution in [0.3, 0.4) is 0 Å². The van der Waals surface area contributed by atoms with Crippen LogP contribution in [-0.4, -0.2) is 67.8 Å². The molecule has 3 rings (SSSR count). The molecule has 12 heteroatoms. The molecule has 0 saturated carbocycles. The smallest absolute Gasteiger partial charge is 0.475 e. The van der Waals surface area contributed by atoms with Crippen LogP contribution in [0.5, 0.6) is 0 Å². The standard InChI is InChI=1S/C15H19N5O2.C2HF3O2/c1-3-22-10-13-9-20(8-12-7-18-19(2)14(12)13)15(21)11-4-5-16-17-6-11;3-2(4,5)1(6)7/h4-7,13H,3,8-10H2,1-2H3;(H,6,7). The monoisotopic (exact) mass is 415 g/mol. The summed E-state index contributed by atoms with van der Waals surface area (Å²) in [5, 5.41) is 18.9. The number of rotatable bonds is 4. The maximum atomic E-state index is 12.6. The fourth-order valence-electron chi connectivity index (χ4n) is 2.91. The number of carboxylic acid groups (broad SMARTS) is 1. The number of nitrogens with zero attached hydrogens (tertiary/aromatic N) is 5. The van der Waals surface area contributed by atoms with Crippen molar-refractivity contribution in [2.45, 2.75) is 25.6 Å². The zero-order chi connectivity index (χ0) is 21.6. The molecule has 0 fully saturated rings. The number of ether oxygens (including phenoxy) is 1. The molecule has 158 valence electrons. The molecule has 3 heterocycles. The molecule has 2 aromatic rings. The summed E-state index contributed by atoms with van der Waals surface area (Å²) in [5.41, 5.74) is 2.79. The van der Waals surface area contributed by atoms with Gasteiger partial charge < -0.3 is 14.7 Å². The quantitative estimate of drug-likeness (QED) is 0.808. The Bertz CT molecular complexity index is 841. The largest absolute Gasteiger partial charge is 0.490 e. The van der Waals surface area contributed by atoms with E-state index in [1.54, 1.807) is 6.07 Å². The minimum Gasteiger partial charge on any atom is -0.475 e. The van der Waals surface area contributed by atoms with Gasteiger partial charge in [-0.15, -0.1) is 0 Å². The van der Waals surface area contributed by atoms with Crippen molar-refractivity contribution in [3.63, 3.8) is 0 Å². The molecule has 1 aliphatic heterocycles. The van der Waals surface area contributed by atoms with Gasteiger partial charge in [-0.3, -0.25) is 9.48 Å². The summed E-state index contributed by atoms with van der Waals surface area (Å²) in [7, 11) is 1.93. The first-order chi connectivity index (χ1) is 13.6. The maximum absolute atomic E-state index is 12.6. The summed E-state index contributed by atoms with van der Waals surface area (Å²) in [5.74, 6) is -2.66. The first kappa shape index (κ1) is 22.3. The molecule has 1 amide bonds. The first-order valence-corrected chi connectivity index (χ1v) is 8.59. The molecule has 0 saturated heterocycles. The average molecular weight is 415 g/mol. The lowest BCUT2D eigenvalue weighted by Crippen LogP contribution is -2.40. The number of alkyl halides is 3. The molecule has 0 radical (unpaired) electrons. The van der Waals surface area contributed by atoms with Gasteiger partial charge in [-0.2, -0.15) is 28.5 Å². The Morgan fingerprint density at radius 1 is 1.31 bits per heavy atom. The van der Waals surface area contributed by atoms with Crippen molar-refractivity contribution < 1.29 is 32.6 Å². The lowest BCUT2D eigenvalue weighted by Gasteiger charge is -2.33. The van der Waals surface area contributed by atoms with Gasteiger partial charge in [0, 0.05) is 38.2 Å². The van der Waals surface area contributed by atoms with Gasteiger partial charge in [0.1, 0.15) is 0 Å². The molecule has 9 nitrogen and oxygen atoms in total. The third kappa shape index (κ3) is 5.73. The number of amides is 1. The molecular weight excluding hydrogens is 395 g/mol. The number of carbonyl (C=O) groups is 2. The lowest BCUT2D eigenvalue weighted by atomic mass is 9.96. The van der Waals surface area contributed by atoms with Crippen LogP contribution in [-0.2, 0) is 23.1 Å². The van der Waals surface area contributed by atoms with Gasteiger partial charge in [-0.1, -0.05) is 0 Å². The minimum atomic E-state index is -5.08. The average Bonchev–Trinajstić information content (AvgIpc) is 3.07. The number of aryl methyl sites for hydroxylation is 1. The second-order valence-corrected chi connectivity index (χ2v) is 6.15. The molecule has 1 aliphatic rings. The number of halogens is 3. The molecule has 1 atom stereocenters. The second kappa shape index (κ2) is 9.45. The zero-order valence-electron chi connectivity index (χ0n) is 15.8. The van der Waals surface area contributed by atoms with Crippen LogP contribution < -0.4 is 0 Å². The SMILES string of the molecule is CCOCC1CN(C(=O)c2ccnnc2)Cc2cnn(C)c21.O=C(O)C(F)(F)F. The van der Waals surface area contributed by atoms with Crippen LogP contribution in [0.15, 0.2) is 24.7 Å². The highest BCUT2D eigenvalue weighted by molar-refractivity contribution is 5.94. The van der Waals surface area contributed by atoms with E-state index in [1.165, 1.54) is 12.4 Å². The molecule has 29 heavy (non-hydrogen) atoms.